The standard InChI is InChI=1S/C17H22N4O4S/c1-5-25-14(22)9-26-15-19-16(2,3)10-17(4)18-12-7-6-11(21(23)24)8-13(12)20(15)17/h6-8,18H,5,9-10H2,1-4H3. The van der Waals surface area contributed by atoms with Crippen LogP contribution in [-0.2, 0) is 9.53 Å². The summed E-state index contributed by atoms with van der Waals surface area (Å²) in [6.07, 6.45) is 0.714. The van der Waals surface area contributed by atoms with Crippen molar-refractivity contribution >= 4 is 40.0 Å². The predicted octanol–water partition coefficient (Wildman–Crippen LogP) is 3.38. The Bertz CT molecular complexity index is 795. The lowest BCUT2D eigenvalue weighted by molar-refractivity contribution is -0.384. The van der Waals surface area contributed by atoms with Crippen molar-refractivity contribution in [1.29, 1.82) is 0 Å². The highest BCUT2D eigenvalue weighted by molar-refractivity contribution is 8.14. The molecule has 1 atom stereocenters. The van der Waals surface area contributed by atoms with Crippen LogP contribution in [0, 0.1) is 10.1 Å². The maximum absolute atomic E-state index is 11.8. The van der Waals surface area contributed by atoms with Crippen molar-refractivity contribution in [3.8, 4) is 0 Å². The summed E-state index contributed by atoms with van der Waals surface area (Å²) in [7, 11) is 0. The highest BCUT2D eigenvalue weighted by Crippen LogP contribution is 2.49. The molecule has 0 saturated heterocycles. The molecule has 0 fully saturated rings. The van der Waals surface area contributed by atoms with Gasteiger partial charge in [-0.05, 0) is 33.8 Å². The SMILES string of the molecule is CCOC(=O)CSC1=NC(C)(C)CC2(C)Nc3ccc([N+](=O)[O-])cc3N12. The van der Waals surface area contributed by atoms with E-state index in [0.717, 1.165) is 5.69 Å². The number of rotatable bonds is 4. The molecule has 0 aromatic heterocycles. The van der Waals surface area contributed by atoms with E-state index in [1.807, 2.05) is 25.7 Å². The van der Waals surface area contributed by atoms with E-state index < -0.39 is 10.6 Å². The van der Waals surface area contributed by atoms with Gasteiger partial charge in [-0.25, -0.2) is 0 Å². The highest BCUT2D eigenvalue weighted by Gasteiger charge is 2.49. The first kappa shape index (κ1) is 18.5. The first-order chi connectivity index (χ1) is 12.1. The molecule has 2 aliphatic rings. The van der Waals surface area contributed by atoms with Gasteiger partial charge in [0, 0.05) is 18.6 Å². The Balaban J connectivity index is 1.99. The molecular formula is C17H22N4O4S. The minimum absolute atomic E-state index is 0.0226. The number of thioether (sulfide) groups is 1. The molecule has 8 nitrogen and oxygen atoms in total. The molecule has 2 heterocycles. The van der Waals surface area contributed by atoms with E-state index in [0.29, 0.717) is 23.9 Å². The Hall–Kier alpha value is -2.29. The number of nitro groups is 1. The average molecular weight is 378 g/mol. The van der Waals surface area contributed by atoms with E-state index in [-0.39, 0.29) is 22.9 Å². The minimum atomic E-state index is -0.472. The van der Waals surface area contributed by atoms with Gasteiger partial charge in [0.15, 0.2) is 5.17 Å². The third-order valence-electron chi connectivity index (χ3n) is 4.32. The number of non-ortho nitro benzene ring substituents is 1. The Kier molecular flexibility index (Phi) is 4.60. The van der Waals surface area contributed by atoms with Gasteiger partial charge in [-0.3, -0.25) is 24.8 Å². The fourth-order valence-electron chi connectivity index (χ4n) is 3.59. The summed E-state index contributed by atoms with van der Waals surface area (Å²) in [5, 5.41) is 15.3. The average Bonchev–Trinajstić information content (AvgIpc) is 2.81. The quantitative estimate of drug-likeness (QED) is 0.487. The van der Waals surface area contributed by atoms with Gasteiger partial charge in [0.05, 0.1) is 34.2 Å². The molecule has 1 unspecified atom stereocenters. The number of ether oxygens (including phenoxy) is 1. The lowest BCUT2D eigenvalue weighted by Gasteiger charge is -2.45. The molecule has 3 rings (SSSR count). The van der Waals surface area contributed by atoms with Crippen LogP contribution in [0.2, 0.25) is 0 Å². The lowest BCUT2D eigenvalue weighted by Crippen LogP contribution is -2.57. The van der Waals surface area contributed by atoms with Gasteiger partial charge in [-0.2, -0.15) is 0 Å². The van der Waals surface area contributed by atoms with Crippen molar-refractivity contribution in [2.75, 3.05) is 22.6 Å². The molecule has 1 aromatic rings. The minimum Gasteiger partial charge on any atom is -0.465 e. The fourth-order valence-corrected chi connectivity index (χ4v) is 4.66. The first-order valence-corrected chi connectivity index (χ1v) is 9.39. The van der Waals surface area contributed by atoms with Crippen LogP contribution in [0.5, 0.6) is 0 Å². The van der Waals surface area contributed by atoms with Gasteiger partial charge in [-0.15, -0.1) is 0 Å². The zero-order chi connectivity index (χ0) is 19.1. The van der Waals surface area contributed by atoms with Crippen molar-refractivity contribution in [1.82, 2.24) is 0 Å². The summed E-state index contributed by atoms with van der Waals surface area (Å²) in [4.78, 5) is 29.3. The second-order valence-corrected chi connectivity index (χ2v) is 8.11. The zero-order valence-corrected chi connectivity index (χ0v) is 16.1. The number of fused-ring (bicyclic) bond motifs is 3. The first-order valence-electron chi connectivity index (χ1n) is 8.40. The van der Waals surface area contributed by atoms with Crippen LogP contribution in [0.15, 0.2) is 23.2 Å². The largest absolute Gasteiger partial charge is 0.465 e. The molecule has 0 aliphatic carbocycles. The van der Waals surface area contributed by atoms with E-state index in [4.69, 9.17) is 9.73 Å². The summed E-state index contributed by atoms with van der Waals surface area (Å²) in [6.45, 7) is 8.21. The number of hydrogen-bond acceptors (Lipinski definition) is 8. The number of nitrogens with one attached hydrogen (secondary N) is 1. The number of nitrogens with zero attached hydrogens (tertiary/aromatic N) is 3. The molecule has 0 bridgehead atoms. The highest BCUT2D eigenvalue weighted by atomic mass is 32.2. The number of aliphatic imine (C=N–C) groups is 1. The van der Waals surface area contributed by atoms with Crippen LogP contribution in [-0.4, -0.2) is 39.6 Å². The number of nitro benzene ring substituents is 1. The third kappa shape index (κ3) is 3.35. The topological polar surface area (TPSA) is 97.1 Å². The number of anilines is 2. The lowest BCUT2D eigenvalue weighted by atomic mass is 9.90. The van der Waals surface area contributed by atoms with Gasteiger partial charge >= 0.3 is 5.97 Å². The molecule has 0 saturated carbocycles. The van der Waals surface area contributed by atoms with Crippen molar-refractivity contribution < 1.29 is 14.5 Å². The molecule has 9 heteroatoms. The number of carbonyl (C=O) groups is 1. The Morgan fingerprint density at radius 2 is 2.19 bits per heavy atom. The number of amidine groups is 1. The Labute approximate surface area is 156 Å². The predicted molar refractivity (Wildman–Crippen MR) is 103 cm³/mol. The van der Waals surface area contributed by atoms with Gasteiger partial charge in [0.2, 0.25) is 0 Å². The second kappa shape index (κ2) is 6.46. The van der Waals surface area contributed by atoms with Crippen molar-refractivity contribution in [3.05, 3.63) is 28.3 Å². The van der Waals surface area contributed by atoms with E-state index in [9.17, 15) is 14.9 Å². The fraction of sp³-hybridized carbons (Fsp3) is 0.529. The maximum atomic E-state index is 11.8. The molecule has 0 amide bonds. The van der Waals surface area contributed by atoms with Crippen LogP contribution in [0.3, 0.4) is 0 Å². The van der Waals surface area contributed by atoms with E-state index in [2.05, 4.69) is 5.32 Å². The molecule has 1 N–H and O–H groups in total. The molecule has 2 aliphatic heterocycles. The van der Waals surface area contributed by atoms with Crippen LogP contribution >= 0.6 is 11.8 Å². The zero-order valence-electron chi connectivity index (χ0n) is 15.2. The monoisotopic (exact) mass is 378 g/mol. The normalized spacial score (nSPS) is 22.8. The Morgan fingerprint density at radius 3 is 2.85 bits per heavy atom. The van der Waals surface area contributed by atoms with Crippen molar-refractivity contribution in [2.45, 2.75) is 45.3 Å². The third-order valence-corrected chi connectivity index (χ3v) is 5.23. The molecular weight excluding hydrogens is 356 g/mol. The molecule has 0 radical (unpaired) electrons. The van der Waals surface area contributed by atoms with Gasteiger partial charge in [0.1, 0.15) is 5.66 Å². The summed E-state index contributed by atoms with van der Waals surface area (Å²) in [5.41, 5.74) is 0.741. The Morgan fingerprint density at radius 1 is 1.46 bits per heavy atom. The summed E-state index contributed by atoms with van der Waals surface area (Å²) < 4.78 is 5.00. The van der Waals surface area contributed by atoms with Crippen LogP contribution in [0.4, 0.5) is 17.1 Å². The van der Waals surface area contributed by atoms with Gasteiger partial charge in [-0.1, -0.05) is 11.8 Å². The van der Waals surface area contributed by atoms with Crippen LogP contribution in [0.25, 0.3) is 0 Å². The molecule has 1 aromatic carbocycles. The van der Waals surface area contributed by atoms with Gasteiger partial charge in [0.25, 0.3) is 5.69 Å². The number of hydrogen-bond donors (Lipinski definition) is 1. The van der Waals surface area contributed by atoms with Gasteiger partial charge < -0.3 is 10.1 Å². The van der Waals surface area contributed by atoms with Crippen molar-refractivity contribution in [2.24, 2.45) is 4.99 Å². The van der Waals surface area contributed by atoms with Crippen LogP contribution in [0.1, 0.15) is 34.1 Å². The van der Waals surface area contributed by atoms with Crippen molar-refractivity contribution in [3.63, 3.8) is 0 Å². The number of benzene rings is 1. The maximum Gasteiger partial charge on any atom is 0.316 e. The van der Waals surface area contributed by atoms with Crippen LogP contribution < -0.4 is 10.2 Å². The van der Waals surface area contributed by atoms with E-state index in [1.54, 1.807) is 19.1 Å². The van der Waals surface area contributed by atoms with E-state index >= 15 is 0 Å². The molecule has 140 valence electrons. The second-order valence-electron chi connectivity index (χ2n) is 7.17. The van der Waals surface area contributed by atoms with E-state index in [1.165, 1.54) is 17.8 Å². The summed E-state index contributed by atoms with van der Waals surface area (Å²) in [6, 6.07) is 4.76. The number of esters is 1. The summed E-state index contributed by atoms with van der Waals surface area (Å²) >= 11 is 1.29. The molecule has 26 heavy (non-hydrogen) atoms. The molecule has 0 spiro atoms. The smallest absolute Gasteiger partial charge is 0.316 e. The summed E-state index contributed by atoms with van der Waals surface area (Å²) in [5.74, 6) is -0.170. The number of carbonyl (C=O) groups excluding carboxylic acids is 1.